The molecule has 98 valence electrons. The van der Waals surface area contributed by atoms with E-state index in [1.165, 1.54) is 5.69 Å². The third kappa shape index (κ3) is 2.27. The Morgan fingerprint density at radius 3 is 3.06 bits per heavy atom. The maximum atomic E-state index is 11.7. The lowest BCUT2D eigenvalue weighted by atomic mass is 9.93. The Bertz CT molecular complexity index is 438. The van der Waals surface area contributed by atoms with Crippen LogP contribution < -0.4 is 10.6 Å². The first-order chi connectivity index (χ1) is 8.75. The fourth-order valence-electron chi connectivity index (χ4n) is 2.74. The summed E-state index contributed by atoms with van der Waals surface area (Å²) in [5.74, 6) is 1.47. The van der Waals surface area contributed by atoms with Crippen LogP contribution >= 0.6 is 0 Å². The van der Waals surface area contributed by atoms with Gasteiger partial charge < -0.3 is 15.2 Å². The molecule has 1 saturated heterocycles. The molecule has 3 rings (SSSR count). The zero-order chi connectivity index (χ0) is 12.5. The van der Waals surface area contributed by atoms with Crippen LogP contribution in [-0.2, 0) is 11.8 Å². The Hall–Kier alpha value is -1.36. The molecule has 2 fully saturated rings. The minimum atomic E-state index is 0.241. The van der Waals surface area contributed by atoms with Crippen molar-refractivity contribution in [2.75, 3.05) is 19.6 Å². The van der Waals surface area contributed by atoms with Crippen LogP contribution in [0.3, 0.4) is 0 Å². The first-order valence-electron chi connectivity index (χ1n) is 6.70. The van der Waals surface area contributed by atoms with Gasteiger partial charge in [-0.2, -0.15) is 0 Å². The molecule has 5 heteroatoms. The highest BCUT2D eigenvalue weighted by Crippen LogP contribution is 2.30. The molecule has 1 aromatic heterocycles. The summed E-state index contributed by atoms with van der Waals surface area (Å²) in [6.07, 6.45) is 5.92. The molecule has 1 amide bonds. The number of carbonyl (C=O) groups excluding carboxylic acids is 1. The summed E-state index contributed by atoms with van der Waals surface area (Å²) >= 11 is 0. The van der Waals surface area contributed by atoms with Gasteiger partial charge in [-0.15, -0.1) is 0 Å². The number of hydrogen-bond acceptors (Lipinski definition) is 3. The molecule has 0 radical (unpaired) electrons. The van der Waals surface area contributed by atoms with Crippen molar-refractivity contribution < 1.29 is 4.79 Å². The summed E-state index contributed by atoms with van der Waals surface area (Å²) in [7, 11) is 2.03. The van der Waals surface area contributed by atoms with Crippen molar-refractivity contribution >= 4 is 5.91 Å². The molecule has 1 aliphatic heterocycles. The van der Waals surface area contributed by atoms with Crippen molar-refractivity contribution in [2.24, 2.45) is 18.9 Å². The summed E-state index contributed by atoms with van der Waals surface area (Å²) in [6.45, 7) is 2.72. The van der Waals surface area contributed by atoms with Gasteiger partial charge in [0.05, 0.1) is 6.33 Å². The van der Waals surface area contributed by atoms with Crippen LogP contribution in [-0.4, -0.2) is 35.1 Å². The van der Waals surface area contributed by atoms with Crippen LogP contribution in [0.25, 0.3) is 0 Å². The highest BCUT2D eigenvalue weighted by molar-refractivity contribution is 5.80. The largest absolute Gasteiger partial charge is 0.356 e. The molecule has 0 spiro atoms. The average molecular weight is 248 g/mol. The lowest BCUT2D eigenvalue weighted by Gasteiger charge is -2.19. The van der Waals surface area contributed by atoms with Gasteiger partial charge in [0.15, 0.2) is 0 Å². The van der Waals surface area contributed by atoms with Gasteiger partial charge in [0, 0.05) is 50.4 Å². The highest BCUT2D eigenvalue weighted by atomic mass is 16.2. The number of rotatable bonds is 4. The third-order valence-electron chi connectivity index (χ3n) is 4.06. The van der Waals surface area contributed by atoms with Gasteiger partial charge in [0.25, 0.3) is 0 Å². The minimum Gasteiger partial charge on any atom is -0.356 e. The summed E-state index contributed by atoms with van der Waals surface area (Å²) in [6, 6.07) is 0. The first-order valence-corrected chi connectivity index (χ1v) is 6.70. The second-order valence-electron chi connectivity index (χ2n) is 5.47. The molecular weight excluding hydrogens is 228 g/mol. The molecule has 2 atom stereocenters. The second kappa shape index (κ2) is 4.72. The van der Waals surface area contributed by atoms with Crippen molar-refractivity contribution in [3.05, 3.63) is 18.2 Å². The van der Waals surface area contributed by atoms with E-state index >= 15 is 0 Å². The number of aryl methyl sites for hydroxylation is 1. The Morgan fingerprint density at radius 2 is 2.39 bits per heavy atom. The molecule has 1 aromatic rings. The maximum Gasteiger partial charge on any atom is 0.223 e. The zero-order valence-electron chi connectivity index (χ0n) is 10.7. The summed E-state index contributed by atoms with van der Waals surface area (Å²) in [4.78, 5) is 15.9. The number of carbonyl (C=O) groups is 1. The van der Waals surface area contributed by atoms with Crippen LogP contribution in [0, 0.1) is 11.8 Å². The van der Waals surface area contributed by atoms with E-state index in [-0.39, 0.29) is 5.91 Å². The van der Waals surface area contributed by atoms with E-state index in [4.69, 9.17) is 0 Å². The maximum absolute atomic E-state index is 11.7. The van der Waals surface area contributed by atoms with Crippen molar-refractivity contribution in [3.8, 4) is 0 Å². The quantitative estimate of drug-likeness (QED) is 0.803. The lowest BCUT2D eigenvalue weighted by Crippen LogP contribution is -2.33. The number of imidazole rings is 1. The molecular formula is C13H20N4O. The zero-order valence-corrected chi connectivity index (χ0v) is 10.7. The summed E-state index contributed by atoms with van der Waals surface area (Å²) in [5.41, 5.74) is 1.26. The van der Waals surface area contributed by atoms with Crippen LogP contribution in [0.4, 0.5) is 0 Å². The van der Waals surface area contributed by atoms with Gasteiger partial charge in [-0.25, -0.2) is 4.98 Å². The van der Waals surface area contributed by atoms with E-state index in [0.29, 0.717) is 17.8 Å². The van der Waals surface area contributed by atoms with Crippen molar-refractivity contribution in [1.29, 1.82) is 0 Å². The van der Waals surface area contributed by atoms with E-state index < -0.39 is 0 Å². The van der Waals surface area contributed by atoms with E-state index in [9.17, 15) is 4.79 Å². The molecule has 2 N–H and O–H groups in total. The number of nitrogens with zero attached hydrogens (tertiary/aromatic N) is 2. The third-order valence-corrected chi connectivity index (χ3v) is 4.06. The highest BCUT2D eigenvalue weighted by Gasteiger charge is 2.33. The molecule has 2 heterocycles. The van der Waals surface area contributed by atoms with E-state index in [2.05, 4.69) is 20.2 Å². The molecule has 1 aliphatic carbocycles. The fourth-order valence-corrected chi connectivity index (χ4v) is 2.74. The monoisotopic (exact) mass is 248 g/mol. The van der Waals surface area contributed by atoms with Gasteiger partial charge >= 0.3 is 0 Å². The van der Waals surface area contributed by atoms with Crippen LogP contribution in [0.5, 0.6) is 0 Å². The Balaban J connectivity index is 1.60. The fraction of sp³-hybridized carbons (Fsp3) is 0.692. The Labute approximate surface area is 107 Å². The predicted molar refractivity (Wildman–Crippen MR) is 68.0 cm³/mol. The van der Waals surface area contributed by atoms with Crippen molar-refractivity contribution in [1.82, 2.24) is 20.2 Å². The van der Waals surface area contributed by atoms with Gasteiger partial charge in [-0.3, -0.25) is 4.79 Å². The van der Waals surface area contributed by atoms with Gasteiger partial charge in [0.1, 0.15) is 0 Å². The van der Waals surface area contributed by atoms with Crippen molar-refractivity contribution in [3.63, 3.8) is 0 Å². The number of amides is 1. The first kappa shape index (κ1) is 11.7. The summed E-state index contributed by atoms with van der Waals surface area (Å²) < 4.78 is 2.08. The van der Waals surface area contributed by atoms with Gasteiger partial charge in [-0.1, -0.05) is 0 Å². The summed E-state index contributed by atoms with van der Waals surface area (Å²) in [5, 5.41) is 6.50. The van der Waals surface area contributed by atoms with Gasteiger partial charge in [-0.05, 0) is 18.8 Å². The molecule has 1 saturated carbocycles. The average Bonchev–Trinajstić information content (AvgIpc) is 2.98. The lowest BCUT2D eigenvalue weighted by molar-refractivity contribution is -0.122. The predicted octanol–water partition coefficient (Wildman–Crippen LogP) is 0.249. The molecule has 18 heavy (non-hydrogen) atoms. The van der Waals surface area contributed by atoms with Gasteiger partial charge in [0.2, 0.25) is 5.91 Å². The Morgan fingerprint density at radius 1 is 1.56 bits per heavy atom. The molecule has 0 aromatic carbocycles. The number of hydrogen-bond donors (Lipinski definition) is 2. The van der Waals surface area contributed by atoms with E-state index in [0.717, 1.165) is 32.5 Å². The van der Waals surface area contributed by atoms with Crippen LogP contribution in [0.15, 0.2) is 12.5 Å². The molecule has 0 bridgehead atoms. The second-order valence-corrected chi connectivity index (χ2v) is 5.47. The van der Waals surface area contributed by atoms with E-state index in [1.807, 2.05) is 19.6 Å². The molecule has 2 unspecified atom stereocenters. The smallest absolute Gasteiger partial charge is 0.223 e. The van der Waals surface area contributed by atoms with Crippen LogP contribution in [0.2, 0.25) is 0 Å². The minimum absolute atomic E-state index is 0.241. The van der Waals surface area contributed by atoms with Crippen LogP contribution in [0.1, 0.15) is 24.5 Å². The normalized spacial score (nSPS) is 27.4. The number of aromatic nitrogens is 2. The molecule has 2 aliphatic rings. The molecule has 5 nitrogen and oxygen atoms in total. The SMILES string of the molecule is Cn1cncc1C1CNCC1CNC(=O)C1CC1. The topological polar surface area (TPSA) is 59.0 Å². The standard InChI is InChI=1S/C13H20N4O/c1-17-8-15-7-12(17)11-6-14-4-10(11)5-16-13(18)9-2-3-9/h7-11,14H,2-6H2,1H3,(H,16,18). The Kier molecular flexibility index (Phi) is 3.07. The van der Waals surface area contributed by atoms with E-state index in [1.54, 1.807) is 0 Å². The number of nitrogens with one attached hydrogen (secondary N) is 2. The van der Waals surface area contributed by atoms with Crippen molar-refractivity contribution in [2.45, 2.75) is 18.8 Å².